The topological polar surface area (TPSA) is 69.0 Å². The quantitative estimate of drug-likeness (QED) is 0.691. The number of thioether (sulfide) groups is 1. The highest BCUT2D eigenvalue weighted by Crippen LogP contribution is 2.27. The highest BCUT2D eigenvalue weighted by Gasteiger charge is 2.18. The minimum Gasteiger partial charge on any atom is -0.494 e. The molecule has 27 heavy (non-hydrogen) atoms. The summed E-state index contributed by atoms with van der Waals surface area (Å²) >= 11 is 1.42. The summed E-state index contributed by atoms with van der Waals surface area (Å²) in [5.41, 5.74) is 0.764. The van der Waals surface area contributed by atoms with Crippen molar-refractivity contribution in [3.63, 3.8) is 0 Å². The summed E-state index contributed by atoms with van der Waals surface area (Å²) in [7, 11) is 1.99. The lowest BCUT2D eigenvalue weighted by Gasteiger charge is -2.20. The first-order chi connectivity index (χ1) is 13.2. The van der Waals surface area contributed by atoms with Crippen LogP contribution in [0.15, 0.2) is 29.4 Å². The Bertz CT molecular complexity index is 739. The highest BCUT2D eigenvalue weighted by molar-refractivity contribution is 7.99. The van der Waals surface area contributed by atoms with E-state index in [9.17, 15) is 4.79 Å². The molecule has 0 spiro atoms. The number of ether oxygens (including phenoxy) is 1. The van der Waals surface area contributed by atoms with E-state index in [1.54, 1.807) is 0 Å². The van der Waals surface area contributed by atoms with Gasteiger partial charge in [0.05, 0.1) is 12.4 Å². The molecule has 3 rings (SSSR count). The average Bonchev–Trinajstić information content (AvgIpc) is 3.02. The van der Waals surface area contributed by atoms with Crippen LogP contribution in [0, 0.1) is 5.92 Å². The van der Waals surface area contributed by atoms with E-state index in [2.05, 4.69) is 15.5 Å². The van der Waals surface area contributed by atoms with Crippen LogP contribution in [0.1, 0.15) is 44.9 Å². The molecule has 0 bridgehead atoms. The van der Waals surface area contributed by atoms with Gasteiger partial charge in [-0.1, -0.05) is 43.9 Å². The van der Waals surface area contributed by atoms with E-state index < -0.39 is 0 Å². The number of anilines is 1. The average molecular weight is 389 g/mol. The minimum atomic E-state index is -0.0546. The van der Waals surface area contributed by atoms with Gasteiger partial charge in [-0.15, -0.1) is 10.2 Å². The lowest BCUT2D eigenvalue weighted by molar-refractivity contribution is -0.113. The zero-order valence-electron chi connectivity index (χ0n) is 16.1. The Balaban J connectivity index is 1.48. The number of carbonyl (C=O) groups excluding carboxylic acids is 1. The number of hydrogen-bond donors (Lipinski definition) is 1. The molecule has 7 heteroatoms. The smallest absolute Gasteiger partial charge is 0.234 e. The van der Waals surface area contributed by atoms with Crippen molar-refractivity contribution in [3.8, 4) is 5.75 Å². The molecule has 1 N–H and O–H groups in total. The first-order valence-corrected chi connectivity index (χ1v) is 10.7. The van der Waals surface area contributed by atoms with Crippen LogP contribution in [0.2, 0.25) is 0 Å². The summed E-state index contributed by atoms with van der Waals surface area (Å²) in [4.78, 5) is 12.2. The van der Waals surface area contributed by atoms with Crippen LogP contribution >= 0.6 is 11.8 Å². The van der Waals surface area contributed by atoms with Crippen molar-refractivity contribution in [2.24, 2.45) is 13.0 Å². The van der Waals surface area contributed by atoms with Crippen LogP contribution < -0.4 is 10.1 Å². The molecule has 1 amide bonds. The molecular weight excluding hydrogens is 360 g/mol. The van der Waals surface area contributed by atoms with E-state index in [4.69, 9.17) is 4.74 Å². The van der Waals surface area contributed by atoms with Crippen molar-refractivity contribution in [2.45, 2.75) is 50.6 Å². The Hall–Kier alpha value is -2.02. The third-order valence-electron chi connectivity index (χ3n) is 4.90. The molecule has 1 aliphatic rings. The van der Waals surface area contributed by atoms with Gasteiger partial charge in [-0.3, -0.25) is 4.79 Å². The molecule has 0 unspecified atom stereocenters. The third kappa shape index (κ3) is 5.73. The van der Waals surface area contributed by atoms with Gasteiger partial charge in [0.15, 0.2) is 5.16 Å². The Morgan fingerprint density at radius 2 is 1.96 bits per heavy atom. The number of aromatic nitrogens is 3. The number of nitrogens with one attached hydrogen (secondary N) is 1. The van der Waals surface area contributed by atoms with E-state index in [0.29, 0.717) is 12.4 Å². The summed E-state index contributed by atoms with van der Waals surface area (Å²) in [5.74, 6) is 2.80. The molecule has 1 aromatic carbocycles. The molecule has 1 aliphatic carbocycles. The van der Waals surface area contributed by atoms with Gasteiger partial charge in [0, 0.05) is 19.2 Å². The zero-order valence-corrected chi connectivity index (χ0v) is 16.9. The third-order valence-corrected chi connectivity index (χ3v) is 5.92. The lowest BCUT2D eigenvalue weighted by Crippen LogP contribution is -2.15. The van der Waals surface area contributed by atoms with Gasteiger partial charge in [0.25, 0.3) is 0 Å². The Morgan fingerprint density at radius 3 is 2.67 bits per heavy atom. The molecule has 0 aliphatic heterocycles. The van der Waals surface area contributed by atoms with E-state index >= 15 is 0 Å². The van der Waals surface area contributed by atoms with E-state index in [1.165, 1.54) is 43.9 Å². The SMILES string of the molecule is CCOc1ccc(NC(=O)CSc2nnc(CC3CCCCC3)n2C)cc1. The fraction of sp³-hybridized carbons (Fsp3) is 0.550. The Morgan fingerprint density at radius 1 is 1.22 bits per heavy atom. The molecule has 6 nitrogen and oxygen atoms in total. The largest absolute Gasteiger partial charge is 0.494 e. The molecule has 146 valence electrons. The van der Waals surface area contributed by atoms with E-state index in [1.807, 2.05) is 42.8 Å². The van der Waals surface area contributed by atoms with Gasteiger partial charge in [0.1, 0.15) is 11.6 Å². The normalized spacial score (nSPS) is 14.9. The van der Waals surface area contributed by atoms with Crippen LogP contribution in [-0.4, -0.2) is 33.0 Å². The van der Waals surface area contributed by atoms with Crippen LogP contribution in [0.3, 0.4) is 0 Å². The lowest BCUT2D eigenvalue weighted by atomic mass is 9.87. The summed E-state index contributed by atoms with van der Waals surface area (Å²) in [6.45, 7) is 2.57. The number of nitrogens with zero attached hydrogens (tertiary/aromatic N) is 3. The maximum atomic E-state index is 12.2. The second-order valence-corrected chi connectivity index (χ2v) is 7.90. The molecule has 1 fully saturated rings. The van der Waals surface area contributed by atoms with Crippen LogP contribution in [0.4, 0.5) is 5.69 Å². The van der Waals surface area contributed by atoms with Gasteiger partial charge in [-0.25, -0.2) is 0 Å². The van der Waals surface area contributed by atoms with Crippen molar-refractivity contribution in [1.29, 1.82) is 0 Å². The standard InChI is InChI=1S/C20H28N4O2S/c1-3-26-17-11-9-16(10-12-17)21-19(25)14-27-20-23-22-18(24(20)2)13-15-7-5-4-6-8-15/h9-12,15H,3-8,13-14H2,1-2H3,(H,21,25). The Kier molecular flexibility index (Phi) is 7.15. The summed E-state index contributed by atoms with van der Waals surface area (Å²) in [6, 6.07) is 7.40. The van der Waals surface area contributed by atoms with Gasteiger partial charge in [0.2, 0.25) is 5.91 Å². The first-order valence-electron chi connectivity index (χ1n) is 9.69. The summed E-state index contributed by atoms with van der Waals surface area (Å²) < 4.78 is 7.44. The highest BCUT2D eigenvalue weighted by atomic mass is 32.2. The van der Waals surface area contributed by atoms with Gasteiger partial charge >= 0.3 is 0 Å². The van der Waals surface area contributed by atoms with Gasteiger partial charge in [-0.05, 0) is 37.1 Å². The molecule has 0 radical (unpaired) electrons. The van der Waals surface area contributed by atoms with Gasteiger partial charge in [-0.2, -0.15) is 0 Å². The number of benzene rings is 1. The maximum absolute atomic E-state index is 12.2. The molecule has 1 heterocycles. The molecule has 1 aromatic heterocycles. The van der Waals surface area contributed by atoms with Crippen molar-refractivity contribution in [2.75, 3.05) is 17.7 Å². The molecule has 2 aromatic rings. The second-order valence-electron chi connectivity index (χ2n) is 6.96. The van der Waals surface area contributed by atoms with Crippen LogP contribution in [0.25, 0.3) is 0 Å². The fourth-order valence-corrected chi connectivity index (χ4v) is 4.16. The Labute approximate surface area is 165 Å². The van der Waals surface area contributed by atoms with Crippen molar-refractivity contribution < 1.29 is 9.53 Å². The van der Waals surface area contributed by atoms with Crippen LogP contribution in [-0.2, 0) is 18.3 Å². The number of amides is 1. The predicted octanol–water partition coefficient (Wildman–Crippen LogP) is 4.07. The molecule has 1 saturated carbocycles. The number of carbonyl (C=O) groups is 1. The molecule has 0 atom stereocenters. The predicted molar refractivity (Wildman–Crippen MR) is 108 cm³/mol. The minimum absolute atomic E-state index is 0.0546. The summed E-state index contributed by atoms with van der Waals surface area (Å²) in [5, 5.41) is 12.3. The molecular formula is C20H28N4O2S. The number of rotatable bonds is 8. The van der Waals surface area contributed by atoms with Crippen molar-refractivity contribution >= 4 is 23.4 Å². The summed E-state index contributed by atoms with van der Waals surface area (Å²) in [6.07, 6.45) is 7.59. The fourth-order valence-electron chi connectivity index (χ4n) is 3.43. The van der Waals surface area contributed by atoms with Gasteiger partial charge < -0.3 is 14.6 Å². The van der Waals surface area contributed by atoms with E-state index in [-0.39, 0.29) is 5.91 Å². The van der Waals surface area contributed by atoms with Crippen molar-refractivity contribution in [1.82, 2.24) is 14.8 Å². The maximum Gasteiger partial charge on any atom is 0.234 e. The van der Waals surface area contributed by atoms with Crippen LogP contribution in [0.5, 0.6) is 5.75 Å². The monoisotopic (exact) mass is 388 g/mol. The number of hydrogen-bond acceptors (Lipinski definition) is 5. The first kappa shape index (κ1) is 19.7. The molecule has 0 saturated heterocycles. The second kappa shape index (κ2) is 9.78. The van der Waals surface area contributed by atoms with Crippen molar-refractivity contribution in [3.05, 3.63) is 30.1 Å². The van der Waals surface area contributed by atoms with E-state index in [0.717, 1.165) is 34.8 Å². The zero-order chi connectivity index (χ0) is 19.1.